The minimum absolute atomic E-state index is 0.00904. The summed E-state index contributed by atoms with van der Waals surface area (Å²) in [5.74, 6) is 1.16. The second-order valence-corrected chi connectivity index (χ2v) is 7.74. The molecule has 10 heteroatoms. The minimum atomic E-state index is -0.260. The molecule has 0 radical (unpaired) electrons. The molecule has 0 unspecified atom stereocenters. The number of fused-ring (bicyclic) bond motifs is 1. The largest absolute Gasteiger partial charge is 0.438 e. The van der Waals surface area contributed by atoms with Gasteiger partial charge in [0, 0.05) is 37.0 Å². The lowest BCUT2D eigenvalue weighted by atomic mass is 10.2. The van der Waals surface area contributed by atoms with Crippen LogP contribution in [-0.4, -0.2) is 36.2 Å². The fraction of sp³-hybridized carbons (Fsp3) is 0.227. The van der Waals surface area contributed by atoms with Crippen LogP contribution in [-0.2, 0) is 11.8 Å². The van der Waals surface area contributed by atoms with Crippen LogP contribution >= 0.6 is 0 Å². The van der Waals surface area contributed by atoms with E-state index in [0.29, 0.717) is 34.5 Å². The van der Waals surface area contributed by atoms with E-state index in [2.05, 4.69) is 25.8 Å². The Hall–Kier alpha value is -4.21. The first kappa shape index (κ1) is 19.7. The highest BCUT2D eigenvalue weighted by Crippen LogP contribution is 2.30. The number of imidazole rings is 1. The third kappa shape index (κ3) is 4.02. The second-order valence-electron chi connectivity index (χ2n) is 7.74. The van der Waals surface area contributed by atoms with Crippen molar-refractivity contribution in [1.82, 2.24) is 24.4 Å². The van der Waals surface area contributed by atoms with Gasteiger partial charge >= 0.3 is 0 Å². The van der Waals surface area contributed by atoms with Gasteiger partial charge in [0.15, 0.2) is 11.5 Å². The highest BCUT2D eigenvalue weighted by molar-refractivity contribution is 6.03. The van der Waals surface area contributed by atoms with Crippen LogP contribution < -0.4 is 15.4 Å². The van der Waals surface area contributed by atoms with E-state index in [-0.39, 0.29) is 17.7 Å². The molecule has 1 aliphatic carbocycles. The van der Waals surface area contributed by atoms with Crippen molar-refractivity contribution in [2.45, 2.75) is 19.8 Å². The molecule has 1 aliphatic rings. The zero-order valence-corrected chi connectivity index (χ0v) is 17.6. The predicted molar refractivity (Wildman–Crippen MR) is 117 cm³/mol. The quantitative estimate of drug-likeness (QED) is 0.485. The number of hydrogen-bond acceptors (Lipinski definition) is 6. The smallest absolute Gasteiger partial charge is 0.273 e. The van der Waals surface area contributed by atoms with Gasteiger partial charge in [-0.05, 0) is 43.5 Å². The van der Waals surface area contributed by atoms with Crippen LogP contribution in [0, 0.1) is 12.8 Å². The van der Waals surface area contributed by atoms with Crippen molar-refractivity contribution in [1.29, 1.82) is 0 Å². The highest BCUT2D eigenvalue weighted by Gasteiger charge is 2.30. The highest BCUT2D eigenvalue weighted by atomic mass is 16.5. The maximum atomic E-state index is 12.5. The maximum Gasteiger partial charge on any atom is 0.273 e. The van der Waals surface area contributed by atoms with E-state index in [1.54, 1.807) is 54.3 Å². The number of nitrogens with zero attached hydrogens (tertiary/aromatic N) is 5. The summed E-state index contributed by atoms with van der Waals surface area (Å²) in [6.07, 6.45) is 5.08. The van der Waals surface area contributed by atoms with Crippen LogP contribution in [0.1, 0.15) is 28.9 Å². The molecule has 2 N–H and O–H groups in total. The Morgan fingerprint density at radius 1 is 1.12 bits per heavy atom. The molecule has 3 aromatic heterocycles. The van der Waals surface area contributed by atoms with Gasteiger partial charge in [-0.3, -0.25) is 14.3 Å². The molecular weight excluding hydrogens is 410 g/mol. The van der Waals surface area contributed by atoms with Crippen LogP contribution in [0.25, 0.3) is 5.65 Å². The SMILES string of the molecule is Cc1ccc(Oc2ccc3nc(NC(=O)C4CC4)cn3n2)cc1NC(=O)c1ccnn1C. The van der Waals surface area contributed by atoms with Crippen molar-refractivity contribution in [3.05, 3.63) is 60.0 Å². The number of ether oxygens (including phenoxy) is 1. The molecule has 2 amide bonds. The topological polar surface area (TPSA) is 115 Å². The second kappa shape index (κ2) is 7.80. The first-order chi connectivity index (χ1) is 15.5. The Kier molecular flexibility index (Phi) is 4.81. The third-order valence-corrected chi connectivity index (χ3v) is 5.23. The summed E-state index contributed by atoms with van der Waals surface area (Å²) in [6.45, 7) is 1.90. The van der Waals surface area contributed by atoms with Crippen molar-refractivity contribution >= 4 is 29.0 Å². The van der Waals surface area contributed by atoms with Gasteiger partial charge in [-0.15, -0.1) is 5.10 Å². The number of rotatable bonds is 6. The predicted octanol–water partition coefficient (Wildman–Crippen LogP) is 3.16. The molecule has 10 nitrogen and oxygen atoms in total. The Morgan fingerprint density at radius 2 is 1.97 bits per heavy atom. The van der Waals surface area contributed by atoms with Crippen LogP contribution in [0.4, 0.5) is 11.5 Å². The van der Waals surface area contributed by atoms with Gasteiger partial charge in [0.25, 0.3) is 5.91 Å². The lowest BCUT2D eigenvalue weighted by Gasteiger charge is -2.11. The normalized spacial score (nSPS) is 13.2. The van der Waals surface area contributed by atoms with Gasteiger partial charge in [0.2, 0.25) is 11.8 Å². The van der Waals surface area contributed by atoms with Crippen LogP contribution in [0.2, 0.25) is 0 Å². The number of aryl methyl sites for hydroxylation is 2. The van der Waals surface area contributed by atoms with Gasteiger partial charge in [-0.1, -0.05) is 6.07 Å². The van der Waals surface area contributed by atoms with Gasteiger partial charge in [-0.2, -0.15) is 5.10 Å². The van der Waals surface area contributed by atoms with Crippen molar-refractivity contribution in [2.24, 2.45) is 13.0 Å². The summed E-state index contributed by atoms with van der Waals surface area (Å²) >= 11 is 0. The van der Waals surface area contributed by atoms with Crippen molar-refractivity contribution in [3.8, 4) is 11.6 Å². The summed E-state index contributed by atoms with van der Waals surface area (Å²) < 4.78 is 8.96. The molecule has 162 valence electrons. The standard InChI is InChI=1S/C22H21N7O3/c1-13-3-6-15(11-16(13)24-22(31)17-9-10-23-28(17)2)32-20-8-7-19-25-18(12-29(19)27-20)26-21(30)14-4-5-14/h3,6-12,14H,4-5H2,1-2H3,(H,24,31)(H,26,30). The monoisotopic (exact) mass is 431 g/mol. The lowest BCUT2D eigenvalue weighted by molar-refractivity contribution is -0.117. The number of benzene rings is 1. The van der Waals surface area contributed by atoms with Crippen molar-refractivity contribution in [3.63, 3.8) is 0 Å². The molecule has 1 aromatic carbocycles. The van der Waals surface area contributed by atoms with Crippen LogP contribution in [0.5, 0.6) is 11.6 Å². The van der Waals surface area contributed by atoms with Crippen molar-refractivity contribution < 1.29 is 14.3 Å². The van der Waals surface area contributed by atoms with E-state index in [4.69, 9.17) is 4.74 Å². The van der Waals surface area contributed by atoms with E-state index in [0.717, 1.165) is 18.4 Å². The Morgan fingerprint density at radius 3 is 2.72 bits per heavy atom. The molecule has 0 spiro atoms. The first-order valence-corrected chi connectivity index (χ1v) is 10.2. The van der Waals surface area contributed by atoms with E-state index >= 15 is 0 Å². The van der Waals surface area contributed by atoms with E-state index in [1.165, 1.54) is 4.68 Å². The van der Waals surface area contributed by atoms with Crippen LogP contribution in [0.15, 0.2) is 48.8 Å². The number of anilines is 2. The third-order valence-electron chi connectivity index (χ3n) is 5.23. The number of carbonyl (C=O) groups is 2. The summed E-state index contributed by atoms with van der Waals surface area (Å²) in [4.78, 5) is 28.8. The molecule has 4 aromatic rings. The van der Waals surface area contributed by atoms with E-state index in [9.17, 15) is 9.59 Å². The average Bonchev–Trinajstić information content (AvgIpc) is 3.41. The molecule has 32 heavy (non-hydrogen) atoms. The van der Waals surface area contributed by atoms with E-state index in [1.807, 2.05) is 13.0 Å². The Balaban J connectivity index is 1.33. The van der Waals surface area contributed by atoms with Gasteiger partial charge in [0.1, 0.15) is 11.4 Å². The molecule has 0 aliphatic heterocycles. The summed E-state index contributed by atoms with van der Waals surface area (Å²) in [5.41, 5.74) is 2.56. The van der Waals surface area contributed by atoms with Crippen LogP contribution in [0.3, 0.4) is 0 Å². The summed E-state index contributed by atoms with van der Waals surface area (Å²) in [6, 6.07) is 10.5. The number of nitrogens with one attached hydrogen (secondary N) is 2. The molecule has 0 atom stereocenters. The van der Waals surface area contributed by atoms with Crippen molar-refractivity contribution in [2.75, 3.05) is 10.6 Å². The molecule has 5 rings (SSSR count). The molecule has 1 fully saturated rings. The Bertz CT molecular complexity index is 1340. The number of amides is 2. The molecular formula is C22H21N7O3. The van der Waals surface area contributed by atoms with E-state index < -0.39 is 0 Å². The number of carbonyl (C=O) groups excluding carboxylic acids is 2. The fourth-order valence-electron chi connectivity index (χ4n) is 3.26. The molecule has 0 bridgehead atoms. The van der Waals surface area contributed by atoms with Gasteiger partial charge < -0.3 is 15.4 Å². The minimum Gasteiger partial charge on any atom is -0.438 e. The zero-order valence-electron chi connectivity index (χ0n) is 17.6. The first-order valence-electron chi connectivity index (χ1n) is 10.2. The number of aromatic nitrogens is 5. The zero-order chi connectivity index (χ0) is 22.2. The van der Waals surface area contributed by atoms with Gasteiger partial charge in [-0.25, -0.2) is 9.50 Å². The molecule has 0 saturated heterocycles. The summed E-state index contributed by atoms with van der Waals surface area (Å²) in [7, 11) is 1.71. The summed E-state index contributed by atoms with van der Waals surface area (Å²) in [5, 5.41) is 14.1. The maximum absolute atomic E-state index is 12.5. The Labute approximate surface area is 183 Å². The fourth-order valence-corrected chi connectivity index (χ4v) is 3.26. The number of hydrogen-bond donors (Lipinski definition) is 2. The molecule has 3 heterocycles. The average molecular weight is 431 g/mol. The van der Waals surface area contributed by atoms with Gasteiger partial charge in [0.05, 0.1) is 6.20 Å². The molecule has 1 saturated carbocycles. The lowest BCUT2D eigenvalue weighted by Crippen LogP contribution is -2.16.